The Morgan fingerprint density at radius 1 is 0.966 bits per heavy atom. The molecule has 0 heterocycles. The fourth-order valence-corrected chi connectivity index (χ4v) is 3.14. The van der Waals surface area contributed by atoms with E-state index in [9.17, 15) is 14.7 Å². The first-order valence-corrected chi connectivity index (χ1v) is 9.43. The Balaban J connectivity index is 1.48. The van der Waals surface area contributed by atoms with Crippen LogP contribution < -0.4 is 15.4 Å². The Labute approximate surface area is 169 Å². The standard InChI is InChI=1S/C23H24N2O4/c1-29-18-9-4-6-16(14-18)15-25-23(28)22(27)24-13-12-21(26)20-11-5-8-17-7-2-3-10-19(17)20/h2-11,14,21,26H,12-13,15H2,1H3,(H,24,27)(H,25,28). The van der Waals surface area contributed by atoms with Crippen LogP contribution in [0.4, 0.5) is 0 Å². The molecule has 1 atom stereocenters. The van der Waals surface area contributed by atoms with E-state index in [1.54, 1.807) is 19.2 Å². The number of hydrogen-bond donors (Lipinski definition) is 3. The molecule has 0 fully saturated rings. The van der Waals surface area contributed by atoms with E-state index in [-0.39, 0.29) is 13.1 Å². The van der Waals surface area contributed by atoms with E-state index >= 15 is 0 Å². The van der Waals surface area contributed by atoms with Gasteiger partial charge < -0.3 is 20.5 Å². The van der Waals surface area contributed by atoms with Crippen LogP contribution in [-0.2, 0) is 16.1 Å². The molecule has 2 amide bonds. The summed E-state index contributed by atoms with van der Waals surface area (Å²) >= 11 is 0. The minimum absolute atomic E-state index is 0.190. The van der Waals surface area contributed by atoms with E-state index in [1.165, 1.54) is 0 Å². The maximum Gasteiger partial charge on any atom is 0.309 e. The topological polar surface area (TPSA) is 87.7 Å². The summed E-state index contributed by atoms with van der Waals surface area (Å²) in [5.41, 5.74) is 1.64. The van der Waals surface area contributed by atoms with E-state index < -0.39 is 17.9 Å². The number of aliphatic hydroxyl groups is 1. The molecule has 0 aliphatic rings. The third-order valence-corrected chi connectivity index (χ3v) is 4.68. The minimum Gasteiger partial charge on any atom is -0.497 e. The van der Waals surface area contributed by atoms with Gasteiger partial charge in [0.2, 0.25) is 0 Å². The Bertz CT molecular complexity index is 998. The van der Waals surface area contributed by atoms with Crippen LogP contribution in [0.3, 0.4) is 0 Å². The Morgan fingerprint density at radius 3 is 2.52 bits per heavy atom. The number of carbonyl (C=O) groups excluding carboxylic acids is 2. The summed E-state index contributed by atoms with van der Waals surface area (Å²) in [6, 6.07) is 20.8. The molecule has 150 valence electrons. The van der Waals surface area contributed by atoms with Gasteiger partial charge in [-0.25, -0.2) is 0 Å². The normalized spacial score (nSPS) is 11.7. The van der Waals surface area contributed by atoms with Crippen LogP contribution in [0, 0.1) is 0 Å². The third kappa shape index (κ3) is 5.33. The van der Waals surface area contributed by atoms with Gasteiger partial charge in [-0.1, -0.05) is 54.6 Å². The third-order valence-electron chi connectivity index (χ3n) is 4.68. The molecule has 0 aliphatic heterocycles. The molecule has 3 rings (SSSR count). The monoisotopic (exact) mass is 392 g/mol. The van der Waals surface area contributed by atoms with Crippen molar-refractivity contribution >= 4 is 22.6 Å². The molecule has 29 heavy (non-hydrogen) atoms. The fraction of sp³-hybridized carbons (Fsp3) is 0.217. The second kappa shape index (κ2) is 9.71. The summed E-state index contributed by atoms with van der Waals surface area (Å²) in [7, 11) is 1.57. The number of aliphatic hydroxyl groups excluding tert-OH is 1. The lowest BCUT2D eigenvalue weighted by Gasteiger charge is -2.14. The second-order valence-electron chi connectivity index (χ2n) is 6.66. The van der Waals surface area contributed by atoms with Crippen molar-refractivity contribution in [1.82, 2.24) is 10.6 Å². The van der Waals surface area contributed by atoms with E-state index in [1.807, 2.05) is 54.6 Å². The summed E-state index contributed by atoms with van der Waals surface area (Å²) in [6.45, 7) is 0.415. The van der Waals surface area contributed by atoms with Crippen LogP contribution in [0.25, 0.3) is 10.8 Å². The smallest absolute Gasteiger partial charge is 0.309 e. The predicted octanol–water partition coefficient (Wildman–Crippen LogP) is 2.70. The number of benzene rings is 3. The molecular formula is C23H24N2O4. The first kappa shape index (κ1) is 20.4. The largest absolute Gasteiger partial charge is 0.497 e. The fourth-order valence-electron chi connectivity index (χ4n) is 3.14. The molecule has 0 aromatic heterocycles. The van der Waals surface area contributed by atoms with Gasteiger partial charge in [-0.15, -0.1) is 0 Å². The van der Waals surface area contributed by atoms with Crippen molar-refractivity contribution in [2.45, 2.75) is 19.1 Å². The van der Waals surface area contributed by atoms with Gasteiger partial charge >= 0.3 is 11.8 Å². The van der Waals surface area contributed by atoms with Crippen molar-refractivity contribution < 1.29 is 19.4 Å². The van der Waals surface area contributed by atoms with Crippen LogP contribution >= 0.6 is 0 Å². The highest BCUT2D eigenvalue weighted by Crippen LogP contribution is 2.25. The summed E-state index contributed by atoms with van der Waals surface area (Å²) in [4.78, 5) is 24.0. The lowest BCUT2D eigenvalue weighted by Crippen LogP contribution is -2.40. The molecular weight excluding hydrogens is 368 g/mol. The Morgan fingerprint density at radius 2 is 1.69 bits per heavy atom. The molecule has 3 aromatic carbocycles. The zero-order valence-electron chi connectivity index (χ0n) is 16.2. The number of methoxy groups -OCH3 is 1. The van der Waals surface area contributed by atoms with Gasteiger partial charge in [-0.05, 0) is 40.5 Å². The van der Waals surface area contributed by atoms with E-state index in [2.05, 4.69) is 10.6 Å². The summed E-state index contributed by atoms with van der Waals surface area (Å²) in [5, 5.41) is 17.7. The molecule has 0 radical (unpaired) electrons. The van der Waals surface area contributed by atoms with E-state index in [4.69, 9.17) is 4.74 Å². The van der Waals surface area contributed by atoms with Crippen LogP contribution in [0.5, 0.6) is 5.75 Å². The lowest BCUT2D eigenvalue weighted by molar-refractivity contribution is -0.139. The number of fused-ring (bicyclic) bond motifs is 1. The van der Waals surface area contributed by atoms with Crippen LogP contribution in [-0.4, -0.2) is 30.6 Å². The number of rotatable bonds is 7. The maximum atomic E-state index is 12.0. The molecule has 3 aromatic rings. The zero-order chi connectivity index (χ0) is 20.6. The van der Waals surface area contributed by atoms with Crippen LogP contribution in [0.2, 0.25) is 0 Å². The second-order valence-corrected chi connectivity index (χ2v) is 6.66. The predicted molar refractivity (Wildman–Crippen MR) is 111 cm³/mol. The van der Waals surface area contributed by atoms with Crippen LogP contribution in [0.1, 0.15) is 23.7 Å². The average molecular weight is 392 g/mol. The highest BCUT2D eigenvalue weighted by Gasteiger charge is 2.15. The van der Waals surface area contributed by atoms with Crippen molar-refractivity contribution in [1.29, 1.82) is 0 Å². The van der Waals surface area contributed by atoms with Gasteiger partial charge in [0.25, 0.3) is 0 Å². The highest BCUT2D eigenvalue weighted by molar-refractivity contribution is 6.35. The van der Waals surface area contributed by atoms with Crippen LogP contribution in [0.15, 0.2) is 66.7 Å². The van der Waals surface area contributed by atoms with E-state index in [0.29, 0.717) is 12.2 Å². The molecule has 0 spiro atoms. The van der Waals surface area contributed by atoms with Crippen molar-refractivity contribution in [2.75, 3.05) is 13.7 Å². The molecule has 0 saturated carbocycles. The average Bonchev–Trinajstić information content (AvgIpc) is 2.77. The molecule has 0 aliphatic carbocycles. The first-order valence-electron chi connectivity index (χ1n) is 9.43. The van der Waals surface area contributed by atoms with Gasteiger partial charge in [0, 0.05) is 13.1 Å². The molecule has 0 bridgehead atoms. The van der Waals surface area contributed by atoms with Crippen molar-refractivity contribution in [2.24, 2.45) is 0 Å². The molecule has 3 N–H and O–H groups in total. The summed E-state index contributed by atoms with van der Waals surface area (Å²) in [6.07, 6.45) is -0.427. The van der Waals surface area contributed by atoms with Gasteiger partial charge in [-0.2, -0.15) is 0 Å². The molecule has 0 saturated heterocycles. The van der Waals surface area contributed by atoms with Gasteiger partial charge in [0.05, 0.1) is 13.2 Å². The quantitative estimate of drug-likeness (QED) is 0.540. The van der Waals surface area contributed by atoms with Gasteiger partial charge in [0.1, 0.15) is 5.75 Å². The molecule has 6 nitrogen and oxygen atoms in total. The van der Waals surface area contributed by atoms with Crippen molar-refractivity contribution in [3.05, 3.63) is 77.9 Å². The highest BCUT2D eigenvalue weighted by atomic mass is 16.5. The van der Waals surface area contributed by atoms with Gasteiger partial charge in [-0.3, -0.25) is 9.59 Å². The SMILES string of the molecule is COc1cccc(CNC(=O)C(=O)NCCC(O)c2cccc3ccccc23)c1. The van der Waals surface area contributed by atoms with Gasteiger partial charge in [0.15, 0.2) is 0 Å². The van der Waals surface area contributed by atoms with E-state index in [0.717, 1.165) is 21.9 Å². The summed E-state index contributed by atoms with van der Waals surface area (Å²) in [5.74, 6) is -0.755. The Kier molecular flexibility index (Phi) is 6.81. The number of amides is 2. The van der Waals surface area contributed by atoms with Crippen molar-refractivity contribution in [3.63, 3.8) is 0 Å². The molecule has 6 heteroatoms. The lowest BCUT2D eigenvalue weighted by atomic mass is 9.99. The zero-order valence-corrected chi connectivity index (χ0v) is 16.2. The minimum atomic E-state index is -0.735. The number of hydrogen-bond acceptors (Lipinski definition) is 4. The number of nitrogens with one attached hydrogen (secondary N) is 2. The number of ether oxygens (including phenoxy) is 1. The molecule has 1 unspecified atom stereocenters. The number of carbonyl (C=O) groups is 2. The van der Waals surface area contributed by atoms with Crippen molar-refractivity contribution in [3.8, 4) is 5.75 Å². The first-order chi connectivity index (χ1) is 14.1. The maximum absolute atomic E-state index is 12.0. The Hall–Kier alpha value is -3.38. The summed E-state index contributed by atoms with van der Waals surface area (Å²) < 4.78 is 5.13.